The standard InChI is InChI=1S/C12H11IN2O2/c13-9-4-3-8-10(11(9)16)14-6-15(12(8)17)5-7-1-2-7/h3-4,6-7,16H,1-2,5H2. The molecular formula is C12H11IN2O2. The summed E-state index contributed by atoms with van der Waals surface area (Å²) in [5.41, 5.74) is 0.336. The molecule has 88 valence electrons. The van der Waals surface area contributed by atoms with E-state index in [0.29, 0.717) is 20.4 Å². The van der Waals surface area contributed by atoms with Crippen LogP contribution in [0.3, 0.4) is 0 Å². The Bertz CT molecular complexity index is 647. The van der Waals surface area contributed by atoms with Crippen molar-refractivity contribution in [3.05, 3.63) is 32.4 Å². The minimum Gasteiger partial charge on any atom is -0.505 e. The van der Waals surface area contributed by atoms with Gasteiger partial charge in [-0.05, 0) is 53.5 Å². The number of rotatable bonds is 2. The third-order valence-corrected chi connectivity index (χ3v) is 3.94. The number of nitrogens with zero attached hydrogens (tertiary/aromatic N) is 2. The largest absolute Gasteiger partial charge is 0.505 e. The topological polar surface area (TPSA) is 55.1 Å². The number of aromatic hydroxyl groups is 1. The quantitative estimate of drug-likeness (QED) is 0.851. The summed E-state index contributed by atoms with van der Waals surface area (Å²) in [5.74, 6) is 0.725. The average molecular weight is 342 g/mol. The van der Waals surface area contributed by atoms with Crippen LogP contribution in [0.5, 0.6) is 5.75 Å². The number of hydrogen-bond acceptors (Lipinski definition) is 3. The average Bonchev–Trinajstić information content (AvgIpc) is 3.11. The van der Waals surface area contributed by atoms with Crippen LogP contribution in [0.15, 0.2) is 23.3 Å². The molecule has 1 aromatic heterocycles. The van der Waals surface area contributed by atoms with Crippen LogP contribution in [-0.4, -0.2) is 14.7 Å². The van der Waals surface area contributed by atoms with Crippen molar-refractivity contribution in [1.82, 2.24) is 9.55 Å². The second-order valence-corrected chi connectivity index (χ2v) is 5.60. The molecule has 4 nitrogen and oxygen atoms in total. The van der Waals surface area contributed by atoms with E-state index in [2.05, 4.69) is 4.98 Å². The predicted octanol–water partition coefficient (Wildman–Crippen LogP) is 2.12. The highest BCUT2D eigenvalue weighted by Gasteiger charge is 2.22. The second-order valence-electron chi connectivity index (χ2n) is 4.44. The zero-order chi connectivity index (χ0) is 12.0. The van der Waals surface area contributed by atoms with Gasteiger partial charge >= 0.3 is 0 Å². The maximum Gasteiger partial charge on any atom is 0.261 e. The van der Waals surface area contributed by atoms with Gasteiger partial charge in [-0.3, -0.25) is 9.36 Å². The molecular weight excluding hydrogens is 331 g/mol. The molecule has 17 heavy (non-hydrogen) atoms. The van der Waals surface area contributed by atoms with Crippen molar-refractivity contribution in [3.63, 3.8) is 0 Å². The Labute approximate surface area is 111 Å². The van der Waals surface area contributed by atoms with E-state index < -0.39 is 0 Å². The fraction of sp³-hybridized carbons (Fsp3) is 0.333. The molecule has 0 unspecified atom stereocenters. The highest BCUT2D eigenvalue weighted by Crippen LogP contribution is 2.30. The van der Waals surface area contributed by atoms with Crippen molar-refractivity contribution in [2.75, 3.05) is 0 Å². The van der Waals surface area contributed by atoms with Crippen LogP contribution in [0, 0.1) is 9.49 Å². The number of phenols is 1. The zero-order valence-electron chi connectivity index (χ0n) is 9.06. The van der Waals surface area contributed by atoms with Gasteiger partial charge in [0.25, 0.3) is 5.56 Å². The smallest absolute Gasteiger partial charge is 0.261 e. The summed E-state index contributed by atoms with van der Waals surface area (Å²) in [4.78, 5) is 16.4. The molecule has 5 heteroatoms. The first-order chi connectivity index (χ1) is 8.16. The number of phenolic OH excluding ortho intramolecular Hbond substituents is 1. The van der Waals surface area contributed by atoms with Gasteiger partial charge in [0, 0.05) is 6.54 Å². The summed E-state index contributed by atoms with van der Waals surface area (Å²) < 4.78 is 2.36. The van der Waals surface area contributed by atoms with Crippen LogP contribution in [-0.2, 0) is 6.54 Å². The minimum atomic E-state index is -0.0615. The van der Waals surface area contributed by atoms with E-state index >= 15 is 0 Å². The van der Waals surface area contributed by atoms with Crippen molar-refractivity contribution < 1.29 is 5.11 Å². The Balaban J connectivity index is 2.20. The van der Waals surface area contributed by atoms with Crippen LogP contribution in [0.1, 0.15) is 12.8 Å². The Hall–Kier alpha value is -1.11. The lowest BCUT2D eigenvalue weighted by Crippen LogP contribution is -2.21. The number of aromatic nitrogens is 2. The van der Waals surface area contributed by atoms with E-state index in [1.807, 2.05) is 22.6 Å². The molecule has 0 radical (unpaired) electrons. The number of halogens is 1. The van der Waals surface area contributed by atoms with Gasteiger partial charge in [0.2, 0.25) is 0 Å². The molecule has 0 spiro atoms. The third-order valence-electron chi connectivity index (χ3n) is 3.07. The highest BCUT2D eigenvalue weighted by atomic mass is 127. The first kappa shape index (κ1) is 11.0. The van der Waals surface area contributed by atoms with Crippen molar-refractivity contribution in [1.29, 1.82) is 0 Å². The van der Waals surface area contributed by atoms with E-state index in [-0.39, 0.29) is 11.3 Å². The van der Waals surface area contributed by atoms with E-state index in [1.165, 1.54) is 12.8 Å². The summed E-state index contributed by atoms with van der Waals surface area (Å²) in [6, 6.07) is 3.47. The number of hydrogen-bond donors (Lipinski definition) is 1. The van der Waals surface area contributed by atoms with E-state index in [1.54, 1.807) is 23.0 Å². The maximum absolute atomic E-state index is 12.2. The Morgan fingerprint density at radius 3 is 2.94 bits per heavy atom. The van der Waals surface area contributed by atoms with Gasteiger partial charge in [0.1, 0.15) is 5.52 Å². The molecule has 1 fully saturated rings. The SMILES string of the molecule is O=c1c2ccc(I)c(O)c2ncn1CC1CC1. The van der Waals surface area contributed by atoms with Gasteiger partial charge in [0.05, 0.1) is 15.3 Å². The number of benzene rings is 1. The first-order valence-corrected chi connectivity index (χ1v) is 6.61. The van der Waals surface area contributed by atoms with Gasteiger partial charge in [-0.2, -0.15) is 0 Å². The normalized spacial score (nSPS) is 15.4. The van der Waals surface area contributed by atoms with E-state index in [0.717, 1.165) is 6.54 Å². The minimum absolute atomic E-state index is 0.0615. The summed E-state index contributed by atoms with van der Waals surface area (Å²) in [6.45, 7) is 0.745. The summed E-state index contributed by atoms with van der Waals surface area (Å²) in [7, 11) is 0. The predicted molar refractivity (Wildman–Crippen MR) is 73.1 cm³/mol. The molecule has 1 aliphatic rings. The van der Waals surface area contributed by atoms with Crippen molar-refractivity contribution in [2.45, 2.75) is 19.4 Å². The lowest BCUT2D eigenvalue weighted by Gasteiger charge is -2.07. The number of fused-ring (bicyclic) bond motifs is 1. The summed E-state index contributed by atoms with van der Waals surface area (Å²) in [5, 5.41) is 10.3. The highest BCUT2D eigenvalue weighted by molar-refractivity contribution is 14.1. The fourth-order valence-electron chi connectivity index (χ4n) is 1.90. The van der Waals surface area contributed by atoms with Gasteiger partial charge in [-0.1, -0.05) is 0 Å². The molecule has 1 saturated carbocycles. The molecule has 3 rings (SSSR count). The lowest BCUT2D eigenvalue weighted by molar-refractivity contribution is 0.476. The molecule has 0 atom stereocenters. The second kappa shape index (κ2) is 3.97. The molecule has 0 amide bonds. The van der Waals surface area contributed by atoms with Crippen LogP contribution in [0.4, 0.5) is 0 Å². The van der Waals surface area contributed by atoms with Gasteiger partial charge in [-0.15, -0.1) is 0 Å². The van der Waals surface area contributed by atoms with E-state index in [9.17, 15) is 9.90 Å². The molecule has 0 aliphatic heterocycles. The van der Waals surface area contributed by atoms with Gasteiger partial charge in [-0.25, -0.2) is 4.98 Å². The lowest BCUT2D eigenvalue weighted by atomic mass is 10.2. The van der Waals surface area contributed by atoms with Crippen LogP contribution in [0.2, 0.25) is 0 Å². The molecule has 2 aromatic rings. The first-order valence-electron chi connectivity index (χ1n) is 5.53. The van der Waals surface area contributed by atoms with Crippen molar-refractivity contribution >= 4 is 33.5 Å². The summed E-state index contributed by atoms with van der Waals surface area (Å²) in [6.07, 6.45) is 3.93. The Kier molecular flexibility index (Phi) is 2.57. The molecule has 1 aliphatic carbocycles. The monoisotopic (exact) mass is 342 g/mol. The van der Waals surface area contributed by atoms with Crippen LogP contribution in [0.25, 0.3) is 10.9 Å². The Morgan fingerprint density at radius 1 is 1.47 bits per heavy atom. The summed E-state index contributed by atoms with van der Waals surface area (Å²) >= 11 is 2.02. The van der Waals surface area contributed by atoms with Gasteiger partial charge in [0.15, 0.2) is 5.75 Å². The third kappa shape index (κ3) is 1.92. The molecule has 0 saturated heterocycles. The molecule has 1 heterocycles. The molecule has 0 bridgehead atoms. The van der Waals surface area contributed by atoms with Crippen molar-refractivity contribution in [3.8, 4) is 5.75 Å². The maximum atomic E-state index is 12.2. The zero-order valence-corrected chi connectivity index (χ0v) is 11.2. The Morgan fingerprint density at radius 2 is 2.24 bits per heavy atom. The van der Waals surface area contributed by atoms with Crippen LogP contribution >= 0.6 is 22.6 Å². The van der Waals surface area contributed by atoms with Gasteiger partial charge < -0.3 is 5.11 Å². The van der Waals surface area contributed by atoms with E-state index in [4.69, 9.17) is 0 Å². The fourth-order valence-corrected chi connectivity index (χ4v) is 2.34. The van der Waals surface area contributed by atoms with Crippen LogP contribution < -0.4 is 5.56 Å². The van der Waals surface area contributed by atoms with Crippen molar-refractivity contribution in [2.24, 2.45) is 5.92 Å². The molecule has 1 aromatic carbocycles. The molecule has 1 N–H and O–H groups in total.